The monoisotopic (exact) mass is 936 g/mol. The van der Waals surface area contributed by atoms with Crippen molar-refractivity contribution in [2.24, 2.45) is 23.2 Å². The first-order valence-corrected chi connectivity index (χ1v) is 24.1. The number of nitrogens with one attached hydrogen (secondary N) is 2. The Morgan fingerprint density at radius 1 is 1.07 bits per heavy atom. The van der Waals surface area contributed by atoms with Crippen molar-refractivity contribution in [3.05, 3.63) is 71.5 Å². The number of hydrogen-bond acceptors (Lipinski definition) is 11. The third kappa shape index (κ3) is 9.83. The van der Waals surface area contributed by atoms with Gasteiger partial charge in [-0.05, 0) is 109 Å². The van der Waals surface area contributed by atoms with Crippen molar-refractivity contribution in [1.82, 2.24) is 35.1 Å². The Balaban J connectivity index is 1.19. The van der Waals surface area contributed by atoms with Crippen molar-refractivity contribution in [2.75, 3.05) is 47.5 Å². The van der Waals surface area contributed by atoms with Crippen molar-refractivity contribution < 1.29 is 43.2 Å². The number of methoxy groups -OCH3 is 2. The summed E-state index contributed by atoms with van der Waals surface area (Å²) >= 11 is 0. The van der Waals surface area contributed by atoms with Crippen molar-refractivity contribution in [3.8, 4) is 28.1 Å². The maximum absolute atomic E-state index is 14.9. The van der Waals surface area contributed by atoms with Crippen LogP contribution in [0.25, 0.3) is 33.3 Å². The molecule has 4 aliphatic rings. The highest BCUT2D eigenvalue weighted by atomic mass is 16.8. The molecular formula is C52H69N7O9. The van der Waals surface area contributed by atoms with Gasteiger partial charge < -0.3 is 43.7 Å². The highest BCUT2D eigenvalue weighted by Gasteiger charge is 2.49. The number of fused-ring (bicyclic) bond motifs is 8. The van der Waals surface area contributed by atoms with Gasteiger partial charge in [0.2, 0.25) is 11.8 Å². The molecule has 3 saturated heterocycles. The fourth-order valence-corrected chi connectivity index (χ4v) is 10.8. The Kier molecular flexibility index (Phi) is 14.2. The van der Waals surface area contributed by atoms with Crippen LogP contribution in [0.5, 0.6) is 5.75 Å². The van der Waals surface area contributed by atoms with Crippen molar-refractivity contribution in [1.29, 1.82) is 0 Å². The number of ether oxygens (including phenoxy) is 4. The first-order valence-electron chi connectivity index (χ1n) is 24.1. The van der Waals surface area contributed by atoms with E-state index in [9.17, 15) is 24.3 Å². The lowest BCUT2D eigenvalue weighted by molar-refractivity contribution is -0.146. The first kappa shape index (κ1) is 48.9. The summed E-state index contributed by atoms with van der Waals surface area (Å²) in [5.41, 5.74) is 10.5. The van der Waals surface area contributed by atoms with Crippen molar-refractivity contribution in [2.45, 2.75) is 117 Å². The second-order valence-electron chi connectivity index (χ2n) is 20.4. The summed E-state index contributed by atoms with van der Waals surface area (Å²) in [6, 6.07) is 13.5. The molecule has 0 aliphatic carbocycles. The van der Waals surface area contributed by atoms with Crippen LogP contribution in [0.1, 0.15) is 84.2 Å². The smallest absolute Gasteiger partial charge is 0.409 e. The number of phenols is 1. The van der Waals surface area contributed by atoms with E-state index in [1.54, 1.807) is 37.5 Å². The Morgan fingerprint density at radius 2 is 1.85 bits per heavy atom. The second-order valence-corrected chi connectivity index (χ2v) is 20.4. The lowest BCUT2D eigenvalue weighted by Crippen LogP contribution is -2.62. The van der Waals surface area contributed by atoms with E-state index < -0.39 is 36.3 Å². The Hall–Kier alpha value is -5.55. The number of epoxide rings is 1. The number of likely N-dealkylation sites (tertiary alicyclic amines) is 1. The van der Waals surface area contributed by atoms with Gasteiger partial charge >= 0.3 is 6.09 Å². The summed E-state index contributed by atoms with van der Waals surface area (Å²) in [6.07, 6.45) is 2.49. The summed E-state index contributed by atoms with van der Waals surface area (Å²) in [7, 11) is 4.62. The predicted octanol–water partition coefficient (Wildman–Crippen LogP) is 6.47. The molecule has 16 heteroatoms. The molecule has 4 aliphatic heterocycles. The molecule has 6 bridgehead atoms. The van der Waals surface area contributed by atoms with Gasteiger partial charge in [0.15, 0.2) is 6.29 Å². The van der Waals surface area contributed by atoms with E-state index in [2.05, 4.69) is 60.3 Å². The number of benzene rings is 2. The fraction of sp³-hybridized carbons (Fsp3) is 0.558. The van der Waals surface area contributed by atoms with Crippen LogP contribution in [-0.4, -0.2) is 131 Å². The van der Waals surface area contributed by atoms with Gasteiger partial charge in [0, 0.05) is 69.4 Å². The zero-order chi connectivity index (χ0) is 48.8. The molecule has 16 nitrogen and oxygen atoms in total. The quantitative estimate of drug-likeness (QED) is 0.157. The molecule has 3 N–H and O–H groups in total. The third-order valence-electron chi connectivity index (χ3n) is 14.4. The molecule has 3 fully saturated rings. The average molecular weight is 936 g/mol. The third-order valence-corrected chi connectivity index (χ3v) is 14.4. The Bertz CT molecular complexity index is 2540. The minimum absolute atomic E-state index is 0.0186. The van der Waals surface area contributed by atoms with Crippen LogP contribution < -0.4 is 10.7 Å². The normalized spacial score (nSPS) is 24.7. The number of aromatic nitrogens is 2. The van der Waals surface area contributed by atoms with Crippen molar-refractivity contribution >= 4 is 34.7 Å². The molecule has 0 spiro atoms. The highest BCUT2D eigenvalue weighted by Crippen LogP contribution is 2.43. The second kappa shape index (κ2) is 19.8. The van der Waals surface area contributed by atoms with Gasteiger partial charge in [-0.2, -0.15) is 0 Å². The number of aromatic hydroxyl groups is 1. The Labute approximate surface area is 399 Å². The van der Waals surface area contributed by atoms with E-state index in [0.29, 0.717) is 44.6 Å². The molecule has 2 aromatic heterocycles. The SMILES string of the molecule is CCn1c(-c2cccnc2[C@H](C)OC)c2c3cc(ccc31)-c1cc(O)cc(c1)C[C@H](NC(=O)[C@H](C(C)C)N(C)C(=O)[C@@H]1CN(C(=O)OC)C[C@@H]1C)C(=O)N1CCC[C@H](N1)C1OC1OCC(C)(C)C2. The lowest BCUT2D eigenvalue weighted by Gasteiger charge is -2.37. The number of carbonyl (C=O) groups is 4. The fourth-order valence-electron chi connectivity index (χ4n) is 10.8. The van der Waals surface area contributed by atoms with Crippen LogP contribution in [0.15, 0.2) is 54.7 Å². The van der Waals surface area contributed by atoms with Gasteiger partial charge in [-0.1, -0.05) is 46.8 Å². The molecule has 68 heavy (non-hydrogen) atoms. The summed E-state index contributed by atoms with van der Waals surface area (Å²) in [4.78, 5) is 63.8. The number of phenolic OH excluding ortho intramolecular Hbond substituents is 1. The molecule has 8 rings (SSSR count). The molecule has 366 valence electrons. The summed E-state index contributed by atoms with van der Waals surface area (Å²) < 4.78 is 25.8. The van der Waals surface area contributed by atoms with Crippen LogP contribution >= 0.6 is 0 Å². The molecule has 6 heterocycles. The number of rotatable bonds is 9. The van der Waals surface area contributed by atoms with Crippen LogP contribution in [0.3, 0.4) is 0 Å². The molecule has 0 radical (unpaired) electrons. The molecular weight excluding hydrogens is 867 g/mol. The molecule has 8 atom stereocenters. The summed E-state index contributed by atoms with van der Waals surface area (Å²) in [5, 5.41) is 17.1. The number of aryl methyl sites for hydroxylation is 1. The maximum Gasteiger partial charge on any atom is 0.409 e. The van der Waals surface area contributed by atoms with E-state index >= 15 is 0 Å². The topological polar surface area (TPSA) is 180 Å². The zero-order valence-electron chi connectivity index (χ0n) is 41.2. The predicted molar refractivity (Wildman–Crippen MR) is 257 cm³/mol. The van der Waals surface area contributed by atoms with Crippen LogP contribution in [0.4, 0.5) is 4.79 Å². The maximum atomic E-state index is 14.9. The van der Waals surface area contributed by atoms with Gasteiger partial charge in [-0.15, -0.1) is 0 Å². The molecule has 2 aromatic carbocycles. The van der Waals surface area contributed by atoms with E-state index in [4.69, 9.17) is 23.9 Å². The first-order chi connectivity index (χ1) is 32.4. The largest absolute Gasteiger partial charge is 0.508 e. The number of pyridine rings is 1. The van der Waals surface area contributed by atoms with E-state index in [1.165, 1.54) is 16.9 Å². The number of hydrazine groups is 1. The van der Waals surface area contributed by atoms with Gasteiger partial charge in [0.05, 0.1) is 43.2 Å². The summed E-state index contributed by atoms with van der Waals surface area (Å²) in [5.74, 6) is -2.10. The Morgan fingerprint density at radius 3 is 2.57 bits per heavy atom. The van der Waals surface area contributed by atoms with Gasteiger partial charge in [0.25, 0.3) is 5.91 Å². The van der Waals surface area contributed by atoms with E-state index in [1.807, 2.05) is 39.8 Å². The molecule has 0 saturated carbocycles. The van der Waals surface area contributed by atoms with Crippen LogP contribution in [0.2, 0.25) is 0 Å². The van der Waals surface area contributed by atoms with Crippen molar-refractivity contribution in [3.63, 3.8) is 0 Å². The zero-order valence-corrected chi connectivity index (χ0v) is 41.2. The van der Waals surface area contributed by atoms with Gasteiger partial charge in [-0.3, -0.25) is 24.4 Å². The van der Waals surface area contributed by atoms with E-state index in [0.717, 1.165) is 51.0 Å². The number of nitrogens with zero attached hydrogens (tertiary/aromatic N) is 5. The number of hydrogen-bond donors (Lipinski definition) is 3. The lowest BCUT2D eigenvalue weighted by atomic mass is 9.84. The highest BCUT2D eigenvalue weighted by molar-refractivity contribution is 5.96. The van der Waals surface area contributed by atoms with Crippen LogP contribution in [-0.2, 0) is 52.7 Å². The van der Waals surface area contributed by atoms with E-state index in [-0.39, 0.29) is 66.0 Å². The number of likely N-dealkylation sites (N-methyl/N-ethyl adjacent to an activating group) is 1. The molecule has 2 unspecified atom stereocenters. The minimum atomic E-state index is -1.08. The van der Waals surface area contributed by atoms with Crippen LogP contribution in [0, 0.1) is 23.2 Å². The average Bonchev–Trinajstić information content (AvgIpc) is 3.91. The standard InChI is InChI=1S/C52H69N7O9/c1-11-58-42-17-16-33-24-37(42)38(45(58)36-14-12-18-53-43(36)31(5)65-9)25-52(6,7)28-67-50-46(68-50)40-15-13-19-59(55-40)49(63)41(22-32-20-34(33)23-35(60)21-32)54-47(61)44(29(2)3)56(8)48(62)39-27-57(26-30(39)4)51(64)66-10/h12,14,16-18,20-21,23-24,29-31,39-41,44,46,50,55,60H,11,13,15,19,22,25-28H2,1-10H3,(H,54,61)/t30-,31-,39+,40-,41-,44-,46?,50?/m0/s1. The van der Waals surface area contributed by atoms with Gasteiger partial charge in [0.1, 0.15) is 23.9 Å². The number of carbonyl (C=O) groups excluding carboxylic acids is 4. The summed E-state index contributed by atoms with van der Waals surface area (Å²) in [6.45, 7) is 16.3. The molecule has 4 amide bonds. The number of amides is 4. The van der Waals surface area contributed by atoms with Gasteiger partial charge in [-0.25, -0.2) is 10.2 Å². The molecule has 4 aromatic rings. The minimum Gasteiger partial charge on any atom is -0.508 e.